The number of ether oxygens (including phenoxy) is 1. The third-order valence-electron chi connectivity index (χ3n) is 6.45. The Morgan fingerprint density at radius 2 is 1.86 bits per heavy atom. The Bertz CT molecular complexity index is 1440. The predicted molar refractivity (Wildman–Crippen MR) is 128 cm³/mol. The van der Waals surface area contributed by atoms with E-state index in [1.165, 1.54) is 23.1 Å². The second kappa shape index (κ2) is 9.08. The molecular formula is C25H17F4N5O2S. The maximum absolute atomic E-state index is 15.0. The highest BCUT2D eigenvalue weighted by molar-refractivity contribution is 7.81. The predicted octanol–water partition coefficient (Wildman–Crippen LogP) is 5.15. The molecule has 3 heterocycles. The van der Waals surface area contributed by atoms with Crippen molar-refractivity contribution < 1.29 is 27.1 Å². The average Bonchev–Trinajstić information content (AvgIpc) is 3.09. The van der Waals surface area contributed by atoms with Gasteiger partial charge in [0, 0.05) is 24.1 Å². The summed E-state index contributed by atoms with van der Waals surface area (Å²) in [5.41, 5.74) is -2.38. The van der Waals surface area contributed by atoms with Crippen LogP contribution in [0.25, 0.3) is 0 Å². The van der Waals surface area contributed by atoms with Crippen molar-refractivity contribution in [2.75, 3.05) is 9.80 Å². The van der Waals surface area contributed by atoms with E-state index in [1.807, 2.05) is 0 Å². The Morgan fingerprint density at radius 3 is 2.46 bits per heavy atom. The lowest BCUT2D eigenvalue weighted by Crippen LogP contribution is -2.55. The molecule has 0 radical (unpaired) electrons. The first-order valence-corrected chi connectivity index (χ1v) is 11.5. The normalized spacial score (nSPS) is 16.6. The largest absolute Gasteiger partial charge is 0.486 e. The van der Waals surface area contributed by atoms with E-state index < -0.39 is 34.7 Å². The average molecular weight is 528 g/mol. The van der Waals surface area contributed by atoms with Crippen LogP contribution in [0.4, 0.5) is 28.9 Å². The van der Waals surface area contributed by atoms with Gasteiger partial charge in [-0.3, -0.25) is 14.7 Å². The molecule has 2 fully saturated rings. The Kier molecular flexibility index (Phi) is 6.03. The summed E-state index contributed by atoms with van der Waals surface area (Å²) in [6.07, 6.45) is 0.795. The number of hydrogen-bond donors (Lipinski definition) is 0. The number of nitrogens with zero attached hydrogens (tertiary/aromatic N) is 5. The smallest absolute Gasteiger partial charge is 0.419 e. The highest BCUT2D eigenvalue weighted by Gasteiger charge is 2.59. The lowest BCUT2D eigenvalue weighted by atomic mass is 9.75. The second-order valence-electron chi connectivity index (χ2n) is 8.60. The number of benzene rings is 1. The van der Waals surface area contributed by atoms with Gasteiger partial charge < -0.3 is 9.64 Å². The lowest BCUT2D eigenvalue weighted by molar-refractivity contribution is -0.138. The molecule has 5 rings (SSSR count). The summed E-state index contributed by atoms with van der Waals surface area (Å²) in [6.45, 7) is 0.115. The molecule has 0 unspecified atom stereocenters. The van der Waals surface area contributed by atoms with Gasteiger partial charge in [0.1, 0.15) is 18.2 Å². The summed E-state index contributed by atoms with van der Waals surface area (Å²) in [7, 11) is 0. The zero-order valence-electron chi connectivity index (χ0n) is 19.0. The van der Waals surface area contributed by atoms with E-state index in [4.69, 9.17) is 22.2 Å². The molecule has 1 amide bonds. The molecule has 188 valence electrons. The third-order valence-corrected chi connectivity index (χ3v) is 6.82. The van der Waals surface area contributed by atoms with Crippen LogP contribution in [0.3, 0.4) is 0 Å². The molecule has 2 aromatic heterocycles. The second-order valence-corrected chi connectivity index (χ2v) is 8.97. The van der Waals surface area contributed by atoms with Gasteiger partial charge in [-0.2, -0.15) is 18.4 Å². The van der Waals surface area contributed by atoms with E-state index >= 15 is 4.39 Å². The molecule has 0 atom stereocenters. The van der Waals surface area contributed by atoms with Crippen molar-refractivity contribution in [1.82, 2.24) is 9.97 Å². The Morgan fingerprint density at radius 1 is 1.14 bits per heavy atom. The van der Waals surface area contributed by atoms with E-state index in [1.54, 1.807) is 30.6 Å². The van der Waals surface area contributed by atoms with Crippen LogP contribution in [0.2, 0.25) is 0 Å². The van der Waals surface area contributed by atoms with E-state index in [-0.39, 0.29) is 28.8 Å². The summed E-state index contributed by atoms with van der Waals surface area (Å²) in [6, 6.07) is 9.71. The molecule has 1 aromatic carbocycles. The minimum absolute atomic E-state index is 0.0115. The van der Waals surface area contributed by atoms with E-state index in [0.717, 1.165) is 16.7 Å². The maximum atomic E-state index is 15.0. The molecule has 7 nitrogen and oxygen atoms in total. The van der Waals surface area contributed by atoms with Crippen molar-refractivity contribution in [2.24, 2.45) is 0 Å². The number of carbonyl (C=O) groups is 1. The summed E-state index contributed by atoms with van der Waals surface area (Å²) in [5.74, 6) is -1.22. The molecule has 1 spiro atoms. The summed E-state index contributed by atoms with van der Waals surface area (Å²) in [5, 5.41) is 8.94. The SMILES string of the molecule is N#Cc1ncc(N2C(=O)C3(CCC3)N(c3ccc(OCc4ccncc4)c(F)c3)C2=S)cc1C(F)(F)F. The van der Waals surface area contributed by atoms with Crippen molar-refractivity contribution in [1.29, 1.82) is 5.26 Å². The number of pyridine rings is 2. The molecule has 1 aliphatic carbocycles. The van der Waals surface area contributed by atoms with Crippen LogP contribution in [-0.4, -0.2) is 26.5 Å². The van der Waals surface area contributed by atoms with Gasteiger partial charge >= 0.3 is 6.18 Å². The Balaban J connectivity index is 1.48. The topological polar surface area (TPSA) is 82.4 Å². The van der Waals surface area contributed by atoms with Crippen LogP contribution >= 0.6 is 12.2 Å². The van der Waals surface area contributed by atoms with Gasteiger partial charge in [-0.15, -0.1) is 0 Å². The van der Waals surface area contributed by atoms with Crippen molar-refractivity contribution in [2.45, 2.75) is 37.6 Å². The van der Waals surface area contributed by atoms with Crippen molar-refractivity contribution in [3.63, 3.8) is 0 Å². The number of nitriles is 1. The van der Waals surface area contributed by atoms with Crippen LogP contribution in [0, 0.1) is 17.1 Å². The minimum Gasteiger partial charge on any atom is -0.486 e. The maximum Gasteiger partial charge on any atom is 0.419 e. The number of halogens is 4. The summed E-state index contributed by atoms with van der Waals surface area (Å²) in [4.78, 5) is 23.5. The van der Waals surface area contributed by atoms with Crippen LogP contribution in [0.15, 0.2) is 55.0 Å². The van der Waals surface area contributed by atoms with Gasteiger partial charge in [0.2, 0.25) is 0 Å². The number of thiocarbonyl (C=S) groups is 1. The highest BCUT2D eigenvalue weighted by Crippen LogP contribution is 2.48. The molecule has 0 N–H and O–H groups in total. The van der Waals surface area contributed by atoms with Gasteiger partial charge in [-0.05, 0) is 67.4 Å². The van der Waals surface area contributed by atoms with Crippen LogP contribution in [-0.2, 0) is 17.6 Å². The summed E-state index contributed by atoms with van der Waals surface area (Å²) < 4.78 is 61.2. The standard InChI is InChI=1S/C25H17F4N5O2S/c26-19-11-16(2-3-21(19)36-14-15-4-8-31-9-5-15)34-23(37)33(22(35)24(34)6-1-7-24)17-10-18(25(27,28)29)20(12-30)32-13-17/h2-5,8-11,13H,1,6-7,14H2. The van der Waals surface area contributed by atoms with Gasteiger partial charge in [-0.25, -0.2) is 9.37 Å². The molecule has 1 saturated carbocycles. The molecule has 37 heavy (non-hydrogen) atoms. The first-order valence-electron chi connectivity index (χ1n) is 11.1. The quantitative estimate of drug-likeness (QED) is 0.336. The molecule has 2 aliphatic rings. The number of carbonyl (C=O) groups excluding carboxylic acids is 1. The fourth-order valence-corrected chi connectivity index (χ4v) is 4.94. The van der Waals surface area contributed by atoms with Gasteiger partial charge in [0.05, 0.1) is 17.4 Å². The molecule has 3 aromatic rings. The van der Waals surface area contributed by atoms with Gasteiger partial charge in [-0.1, -0.05) is 0 Å². The molecule has 12 heteroatoms. The number of alkyl halides is 3. The number of hydrogen-bond acceptors (Lipinski definition) is 6. The van der Waals surface area contributed by atoms with Gasteiger partial charge in [0.15, 0.2) is 22.4 Å². The first kappa shape index (κ1) is 24.6. The minimum atomic E-state index is -4.86. The molecule has 1 aliphatic heterocycles. The number of amides is 1. The number of anilines is 2. The third kappa shape index (κ3) is 4.15. The highest BCUT2D eigenvalue weighted by atomic mass is 32.1. The van der Waals surface area contributed by atoms with Crippen molar-refractivity contribution in [3.05, 3.63) is 77.6 Å². The van der Waals surface area contributed by atoms with Crippen LogP contribution < -0.4 is 14.5 Å². The Hall–Kier alpha value is -4.11. The Labute approximate surface area is 213 Å². The van der Waals surface area contributed by atoms with Crippen molar-refractivity contribution >= 4 is 34.6 Å². The van der Waals surface area contributed by atoms with Crippen molar-refractivity contribution in [3.8, 4) is 11.8 Å². The molecule has 1 saturated heterocycles. The van der Waals surface area contributed by atoms with E-state index in [2.05, 4.69) is 9.97 Å². The first-order chi connectivity index (χ1) is 17.7. The molecule has 0 bridgehead atoms. The number of rotatable bonds is 5. The fourth-order valence-electron chi connectivity index (χ4n) is 4.48. The number of aromatic nitrogens is 2. The van der Waals surface area contributed by atoms with Gasteiger partial charge in [0.25, 0.3) is 5.91 Å². The van der Waals surface area contributed by atoms with E-state index in [0.29, 0.717) is 25.3 Å². The van der Waals surface area contributed by atoms with E-state index in [9.17, 15) is 18.0 Å². The zero-order chi connectivity index (χ0) is 26.4. The molecular weight excluding hydrogens is 510 g/mol. The van der Waals surface area contributed by atoms with Crippen LogP contribution in [0.1, 0.15) is 36.1 Å². The monoisotopic (exact) mass is 527 g/mol. The van der Waals surface area contributed by atoms with Crippen LogP contribution in [0.5, 0.6) is 5.75 Å². The lowest BCUT2D eigenvalue weighted by Gasteiger charge is -2.43. The fraction of sp³-hybridized carbons (Fsp3) is 0.240. The zero-order valence-corrected chi connectivity index (χ0v) is 19.8. The summed E-state index contributed by atoms with van der Waals surface area (Å²) >= 11 is 5.54.